The number of carbonyl (C=O) groups is 2. The standard InChI is InChI=1S/C28H44N4O3/c1-21(2)18-31(19-22-8-5-4-6-9-22)24-17-26(28(34)30-14-12-29-13-15-30)32(20-24)27(33)23-10-7-11-25(16-23)35-3/h7,10-11,16,21-22,24,26,29H,4-6,8-9,12-15,17-20H2,1-3H3. The molecule has 1 saturated carbocycles. The average molecular weight is 485 g/mol. The van der Waals surface area contributed by atoms with Crippen LogP contribution in [-0.2, 0) is 4.79 Å². The van der Waals surface area contributed by atoms with Crippen molar-refractivity contribution in [1.82, 2.24) is 20.0 Å². The van der Waals surface area contributed by atoms with Gasteiger partial charge >= 0.3 is 0 Å². The predicted molar refractivity (Wildman–Crippen MR) is 139 cm³/mol. The lowest BCUT2D eigenvalue weighted by Crippen LogP contribution is -2.53. The zero-order valence-corrected chi connectivity index (χ0v) is 21.9. The second-order valence-electron chi connectivity index (χ2n) is 11.0. The largest absolute Gasteiger partial charge is 0.497 e. The average Bonchev–Trinajstić information content (AvgIpc) is 3.34. The van der Waals surface area contributed by atoms with E-state index in [-0.39, 0.29) is 17.9 Å². The molecular weight excluding hydrogens is 440 g/mol. The minimum Gasteiger partial charge on any atom is -0.497 e. The van der Waals surface area contributed by atoms with Crippen molar-refractivity contribution >= 4 is 11.8 Å². The topological polar surface area (TPSA) is 65.1 Å². The van der Waals surface area contributed by atoms with E-state index in [0.29, 0.717) is 36.9 Å². The van der Waals surface area contributed by atoms with Crippen molar-refractivity contribution in [1.29, 1.82) is 0 Å². The summed E-state index contributed by atoms with van der Waals surface area (Å²) in [5, 5.41) is 3.33. The van der Waals surface area contributed by atoms with Gasteiger partial charge in [-0.1, -0.05) is 39.2 Å². The van der Waals surface area contributed by atoms with Gasteiger partial charge in [-0.3, -0.25) is 14.5 Å². The molecule has 2 atom stereocenters. The number of nitrogens with one attached hydrogen (secondary N) is 1. The van der Waals surface area contributed by atoms with E-state index >= 15 is 0 Å². The molecular formula is C28H44N4O3. The molecule has 7 nitrogen and oxygen atoms in total. The van der Waals surface area contributed by atoms with Crippen LogP contribution in [-0.4, -0.2) is 91.5 Å². The first-order chi connectivity index (χ1) is 17.0. The van der Waals surface area contributed by atoms with Gasteiger partial charge in [0.25, 0.3) is 5.91 Å². The fourth-order valence-electron chi connectivity index (χ4n) is 6.10. The number of nitrogens with zero attached hydrogens (tertiary/aromatic N) is 3. The maximum Gasteiger partial charge on any atom is 0.254 e. The number of benzene rings is 1. The Kier molecular flexibility index (Phi) is 9.06. The minimum atomic E-state index is -0.405. The van der Waals surface area contributed by atoms with Gasteiger partial charge in [0, 0.05) is 57.4 Å². The van der Waals surface area contributed by atoms with Crippen LogP contribution in [0.3, 0.4) is 0 Å². The third kappa shape index (κ3) is 6.56. The maximum absolute atomic E-state index is 13.8. The molecule has 0 aromatic heterocycles. The van der Waals surface area contributed by atoms with Crippen LogP contribution >= 0.6 is 0 Å². The van der Waals surface area contributed by atoms with Crippen LogP contribution in [0.1, 0.15) is 62.7 Å². The Morgan fingerprint density at radius 2 is 1.89 bits per heavy atom. The van der Waals surface area contributed by atoms with Gasteiger partial charge in [-0.2, -0.15) is 0 Å². The first-order valence-corrected chi connectivity index (χ1v) is 13.6. The van der Waals surface area contributed by atoms with Crippen molar-refractivity contribution in [3.8, 4) is 5.75 Å². The zero-order chi connectivity index (χ0) is 24.8. The number of methoxy groups -OCH3 is 1. The number of carbonyl (C=O) groups excluding carboxylic acids is 2. The van der Waals surface area contributed by atoms with E-state index in [1.807, 2.05) is 28.0 Å². The number of ether oxygens (including phenoxy) is 1. The fourth-order valence-corrected chi connectivity index (χ4v) is 6.10. The smallest absolute Gasteiger partial charge is 0.254 e. The quantitative estimate of drug-likeness (QED) is 0.614. The van der Waals surface area contributed by atoms with Crippen molar-refractivity contribution in [2.45, 2.75) is 64.5 Å². The van der Waals surface area contributed by atoms with Crippen LogP contribution in [0.15, 0.2) is 24.3 Å². The van der Waals surface area contributed by atoms with Crippen LogP contribution in [0.25, 0.3) is 0 Å². The molecule has 3 aliphatic rings. The van der Waals surface area contributed by atoms with E-state index in [0.717, 1.165) is 38.5 Å². The van der Waals surface area contributed by atoms with Crippen molar-refractivity contribution in [2.75, 3.05) is 52.9 Å². The minimum absolute atomic E-state index is 0.0675. The molecule has 2 saturated heterocycles. The molecule has 2 unspecified atom stereocenters. The molecule has 0 bridgehead atoms. The van der Waals surface area contributed by atoms with Crippen molar-refractivity contribution < 1.29 is 14.3 Å². The highest BCUT2D eigenvalue weighted by molar-refractivity contribution is 5.98. The lowest BCUT2D eigenvalue weighted by atomic mass is 9.88. The predicted octanol–water partition coefficient (Wildman–Crippen LogP) is 3.25. The van der Waals surface area contributed by atoms with Gasteiger partial charge in [0.05, 0.1) is 7.11 Å². The highest BCUT2D eigenvalue weighted by Gasteiger charge is 2.44. The van der Waals surface area contributed by atoms with Crippen LogP contribution in [0, 0.1) is 11.8 Å². The summed E-state index contributed by atoms with van der Waals surface area (Å²) in [5.74, 6) is 1.97. The summed E-state index contributed by atoms with van der Waals surface area (Å²) >= 11 is 0. The second-order valence-corrected chi connectivity index (χ2v) is 11.0. The Bertz CT molecular complexity index is 848. The van der Waals surface area contributed by atoms with Crippen LogP contribution in [0.2, 0.25) is 0 Å². The molecule has 1 N–H and O–H groups in total. The van der Waals surface area contributed by atoms with Gasteiger partial charge in [-0.15, -0.1) is 0 Å². The summed E-state index contributed by atoms with van der Waals surface area (Å²) in [7, 11) is 1.61. The second kappa shape index (κ2) is 12.2. The summed E-state index contributed by atoms with van der Waals surface area (Å²) in [6.45, 7) is 10.3. The molecule has 2 amide bonds. The molecule has 3 fully saturated rings. The molecule has 0 radical (unpaired) electrons. The highest BCUT2D eigenvalue weighted by Crippen LogP contribution is 2.31. The zero-order valence-electron chi connectivity index (χ0n) is 21.9. The molecule has 35 heavy (non-hydrogen) atoms. The van der Waals surface area contributed by atoms with E-state index < -0.39 is 6.04 Å². The Labute approximate surface area is 211 Å². The lowest BCUT2D eigenvalue weighted by Gasteiger charge is -2.35. The van der Waals surface area contributed by atoms with Crippen molar-refractivity contribution in [2.24, 2.45) is 11.8 Å². The molecule has 1 aromatic rings. The first-order valence-electron chi connectivity index (χ1n) is 13.6. The van der Waals surface area contributed by atoms with Gasteiger partial charge < -0.3 is 19.9 Å². The molecule has 1 aromatic carbocycles. The molecule has 1 aliphatic carbocycles. The summed E-state index contributed by atoms with van der Waals surface area (Å²) in [4.78, 5) is 33.9. The van der Waals surface area contributed by atoms with Gasteiger partial charge in [-0.25, -0.2) is 0 Å². The first kappa shape index (κ1) is 26.0. The lowest BCUT2D eigenvalue weighted by molar-refractivity contribution is -0.135. The number of hydrogen-bond donors (Lipinski definition) is 1. The summed E-state index contributed by atoms with van der Waals surface area (Å²) in [6, 6.07) is 7.13. The van der Waals surface area contributed by atoms with E-state index in [9.17, 15) is 9.59 Å². The van der Waals surface area contributed by atoms with E-state index in [1.54, 1.807) is 13.2 Å². The monoisotopic (exact) mass is 484 g/mol. The Morgan fingerprint density at radius 1 is 1.14 bits per heavy atom. The van der Waals surface area contributed by atoms with Gasteiger partial charge in [0.15, 0.2) is 0 Å². The van der Waals surface area contributed by atoms with Gasteiger partial charge in [-0.05, 0) is 49.3 Å². The van der Waals surface area contributed by atoms with Crippen molar-refractivity contribution in [3.63, 3.8) is 0 Å². The van der Waals surface area contributed by atoms with Gasteiger partial charge in [0.1, 0.15) is 11.8 Å². The molecule has 0 spiro atoms. The number of hydrogen-bond acceptors (Lipinski definition) is 5. The SMILES string of the molecule is COc1cccc(C(=O)N2CC(N(CC(C)C)CC3CCCCC3)CC2C(=O)N2CCNCC2)c1. The van der Waals surface area contributed by atoms with Crippen molar-refractivity contribution in [3.05, 3.63) is 29.8 Å². The van der Waals surface area contributed by atoms with Crippen LogP contribution in [0.5, 0.6) is 5.75 Å². The van der Waals surface area contributed by atoms with E-state index in [4.69, 9.17) is 4.74 Å². The summed E-state index contributed by atoms with van der Waals surface area (Å²) < 4.78 is 5.36. The number of rotatable bonds is 8. The number of piperazine rings is 1. The summed E-state index contributed by atoms with van der Waals surface area (Å²) in [5.41, 5.74) is 0.589. The van der Waals surface area contributed by atoms with E-state index in [2.05, 4.69) is 24.1 Å². The van der Waals surface area contributed by atoms with Gasteiger partial charge in [0.2, 0.25) is 5.91 Å². The fraction of sp³-hybridized carbons (Fsp3) is 0.714. The highest BCUT2D eigenvalue weighted by atomic mass is 16.5. The number of likely N-dealkylation sites (tertiary alicyclic amines) is 1. The van der Waals surface area contributed by atoms with Crippen LogP contribution < -0.4 is 10.1 Å². The normalized spacial score (nSPS) is 23.8. The van der Waals surface area contributed by atoms with Crippen LogP contribution in [0.4, 0.5) is 0 Å². The molecule has 4 rings (SSSR count). The maximum atomic E-state index is 13.8. The third-order valence-corrected chi connectivity index (χ3v) is 7.90. The molecule has 2 aliphatic heterocycles. The Hall–Kier alpha value is -2.12. The molecule has 194 valence electrons. The Balaban J connectivity index is 1.57. The van der Waals surface area contributed by atoms with E-state index in [1.165, 1.54) is 32.1 Å². The third-order valence-electron chi connectivity index (χ3n) is 7.90. The molecule has 7 heteroatoms. The number of amides is 2. The summed E-state index contributed by atoms with van der Waals surface area (Å²) in [6.07, 6.45) is 7.34. The molecule has 2 heterocycles. The Morgan fingerprint density at radius 3 is 2.57 bits per heavy atom.